The first-order chi connectivity index (χ1) is 39.2. The van der Waals surface area contributed by atoms with Crippen LogP contribution in [0, 0.1) is 0 Å². The molecule has 0 aliphatic heterocycles. The Kier molecular flexibility index (Phi) is 53.6. The van der Waals surface area contributed by atoms with Gasteiger partial charge in [-0.2, -0.15) is 0 Å². The number of hydrogen-bond donors (Lipinski definition) is 2. The molecule has 14 nitrogen and oxygen atoms in total. The third kappa shape index (κ3) is 45.8. The number of esters is 2. The quantitative estimate of drug-likeness (QED) is 0.0361. The minimum Gasteiger partial charge on any atom is -0.457 e. The summed E-state index contributed by atoms with van der Waals surface area (Å²) >= 11 is 0. The maximum absolute atomic E-state index is 12.8. The zero-order valence-corrected chi connectivity index (χ0v) is 52.9. The van der Waals surface area contributed by atoms with Gasteiger partial charge in [-0.05, 0) is 104 Å². The van der Waals surface area contributed by atoms with Crippen molar-refractivity contribution in [2.45, 2.75) is 284 Å². The number of hydrogen-bond acceptors (Lipinski definition) is 14. The number of rotatable bonds is 64. The highest BCUT2D eigenvalue weighted by atomic mass is 16.6. The number of unbranched alkanes of at least 4 members (excludes halogenated alkanes) is 28. The maximum atomic E-state index is 12.8. The lowest BCUT2D eigenvalue weighted by molar-refractivity contribution is -0.157. The van der Waals surface area contributed by atoms with E-state index in [1.807, 2.05) is 0 Å². The van der Waals surface area contributed by atoms with Crippen molar-refractivity contribution in [2.75, 3.05) is 117 Å². The van der Waals surface area contributed by atoms with Gasteiger partial charge in [-0.1, -0.05) is 195 Å². The monoisotopic (exact) mass is 1130 g/mol. The van der Waals surface area contributed by atoms with E-state index in [0.29, 0.717) is 90.2 Å². The molecule has 0 saturated heterocycles. The smallest absolute Gasteiger partial charge is 0.306 e. The summed E-state index contributed by atoms with van der Waals surface area (Å²) < 4.78 is 35.5. The fraction of sp³-hybridized carbons (Fsp3) is 0.909. The Labute approximate surface area is 490 Å². The summed E-state index contributed by atoms with van der Waals surface area (Å²) in [4.78, 5) is 55.0. The Hall–Kier alpha value is -2.62. The van der Waals surface area contributed by atoms with Crippen LogP contribution in [0.1, 0.15) is 272 Å². The van der Waals surface area contributed by atoms with Crippen LogP contribution in [-0.2, 0) is 38.0 Å². The Morgan fingerprint density at radius 3 is 0.900 bits per heavy atom. The standard InChI is InChI=1S/C66H126N4O10/c1-7-11-15-19-29-37-51-75-55-59(56-76-52-38-30-20-16-12-8-2)79-61(71)43-33-25-23-27-35-47-69(5)49-41-45-67-63-64(66(74)65(63)73)68-46-42-50-70(6)48-36-28-24-26-34-44-62(72)80-60(57-77-53-39-31-21-17-13-9-3)58-78-54-40-32-22-18-14-10-4/h59-60,67-68H,7-58H2,1-6H3. The predicted octanol–water partition coefficient (Wildman–Crippen LogP) is 14.8. The van der Waals surface area contributed by atoms with E-state index in [1.165, 1.54) is 128 Å². The number of carbonyl (C=O) groups is 2. The molecular weight excluding hydrogens is 1010 g/mol. The van der Waals surface area contributed by atoms with Gasteiger partial charge in [0.1, 0.15) is 23.6 Å². The number of anilines is 2. The molecule has 0 radical (unpaired) electrons. The first kappa shape index (κ1) is 75.4. The molecule has 0 heterocycles. The van der Waals surface area contributed by atoms with Gasteiger partial charge in [0.05, 0.1) is 26.4 Å². The van der Waals surface area contributed by atoms with Crippen molar-refractivity contribution >= 4 is 23.3 Å². The van der Waals surface area contributed by atoms with Crippen LogP contribution in [0.25, 0.3) is 0 Å². The highest BCUT2D eigenvalue weighted by Crippen LogP contribution is 2.16. The molecule has 1 aromatic carbocycles. The van der Waals surface area contributed by atoms with Gasteiger partial charge >= 0.3 is 11.9 Å². The van der Waals surface area contributed by atoms with Gasteiger partial charge in [0.2, 0.25) is 0 Å². The molecule has 1 aromatic rings. The molecule has 0 bridgehead atoms. The maximum Gasteiger partial charge on any atom is 0.306 e. The molecule has 80 heavy (non-hydrogen) atoms. The minimum atomic E-state index is -0.430. The predicted molar refractivity (Wildman–Crippen MR) is 335 cm³/mol. The van der Waals surface area contributed by atoms with Crippen molar-refractivity contribution in [3.8, 4) is 0 Å². The molecule has 14 heteroatoms. The second-order valence-electron chi connectivity index (χ2n) is 23.2. The third-order valence-electron chi connectivity index (χ3n) is 15.2. The SMILES string of the molecule is CCCCCCCCOCC(COCCCCCCCC)OC(=O)CCCCCCCN(C)CCCNc1c(NCCCN(C)CCCCCCCC(=O)OC(COCCCCCCCC)COCCCCCCCC)c(=O)c1=O. The molecule has 0 aliphatic carbocycles. The van der Waals surface area contributed by atoms with Crippen LogP contribution in [0.5, 0.6) is 0 Å². The fourth-order valence-corrected chi connectivity index (χ4v) is 9.96. The Bertz CT molecular complexity index is 1440. The zero-order valence-electron chi connectivity index (χ0n) is 52.9. The molecule has 0 fully saturated rings. The summed E-state index contributed by atoms with van der Waals surface area (Å²) in [6, 6.07) is 0. The third-order valence-corrected chi connectivity index (χ3v) is 15.2. The van der Waals surface area contributed by atoms with E-state index >= 15 is 0 Å². The van der Waals surface area contributed by atoms with Crippen LogP contribution in [0.15, 0.2) is 9.59 Å². The van der Waals surface area contributed by atoms with Crippen LogP contribution in [0.3, 0.4) is 0 Å². The lowest BCUT2D eigenvalue weighted by atomic mass is 10.1. The van der Waals surface area contributed by atoms with Crippen molar-refractivity contribution in [3.63, 3.8) is 0 Å². The lowest BCUT2D eigenvalue weighted by Gasteiger charge is -2.19. The van der Waals surface area contributed by atoms with E-state index in [-0.39, 0.29) is 24.1 Å². The average Bonchev–Trinajstić information content (AvgIpc) is 3.45. The Balaban J connectivity index is 2.20. The van der Waals surface area contributed by atoms with Crippen molar-refractivity contribution < 1.29 is 38.0 Å². The number of nitrogens with zero attached hydrogens (tertiary/aromatic N) is 2. The topological polar surface area (TPSA) is 154 Å². The Morgan fingerprint density at radius 1 is 0.350 bits per heavy atom. The highest BCUT2D eigenvalue weighted by Gasteiger charge is 2.21. The highest BCUT2D eigenvalue weighted by molar-refractivity contribution is 5.74. The van der Waals surface area contributed by atoms with Crippen molar-refractivity contribution in [1.82, 2.24) is 9.80 Å². The molecule has 470 valence electrons. The van der Waals surface area contributed by atoms with Gasteiger partial charge in [-0.3, -0.25) is 19.2 Å². The van der Waals surface area contributed by atoms with E-state index in [9.17, 15) is 19.2 Å². The molecule has 2 N–H and O–H groups in total. The fourth-order valence-electron chi connectivity index (χ4n) is 9.96. The van der Waals surface area contributed by atoms with Crippen molar-refractivity contribution in [1.29, 1.82) is 0 Å². The first-order valence-corrected chi connectivity index (χ1v) is 33.5. The number of nitrogens with one attached hydrogen (secondary N) is 2. The average molecular weight is 1140 g/mol. The molecular formula is C66H126N4O10. The molecule has 0 unspecified atom stereocenters. The lowest BCUT2D eigenvalue weighted by Crippen LogP contribution is -2.38. The van der Waals surface area contributed by atoms with Gasteiger partial charge < -0.3 is 48.9 Å². The molecule has 0 saturated carbocycles. The van der Waals surface area contributed by atoms with E-state index in [0.717, 1.165) is 129 Å². The molecule has 0 spiro atoms. The zero-order chi connectivity index (χ0) is 58.2. The van der Waals surface area contributed by atoms with Gasteiger partial charge in [0, 0.05) is 52.4 Å². The van der Waals surface area contributed by atoms with Gasteiger partial charge in [-0.15, -0.1) is 0 Å². The summed E-state index contributed by atoms with van der Waals surface area (Å²) in [5.74, 6) is -0.309. The summed E-state index contributed by atoms with van der Waals surface area (Å²) in [7, 11) is 4.26. The van der Waals surface area contributed by atoms with E-state index in [1.54, 1.807) is 0 Å². The van der Waals surface area contributed by atoms with Gasteiger partial charge in [0.25, 0.3) is 10.9 Å². The second-order valence-corrected chi connectivity index (χ2v) is 23.2. The normalized spacial score (nSPS) is 11.8. The molecule has 0 aliphatic rings. The summed E-state index contributed by atoms with van der Waals surface area (Å²) in [5.41, 5.74) is -0.0131. The molecule has 0 aromatic heterocycles. The second kappa shape index (κ2) is 56.8. The van der Waals surface area contributed by atoms with Crippen molar-refractivity contribution in [2.24, 2.45) is 0 Å². The molecule has 0 atom stereocenters. The van der Waals surface area contributed by atoms with Crippen LogP contribution in [-0.4, -0.2) is 140 Å². The Morgan fingerprint density at radius 2 is 0.600 bits per heavy atom. The largest absolute Gasteiger partial charge is 0.457 e. The van der Waals surface area contributed by atoms with Crippen LogP contribution < -0.4 is 21.5 Å². The van der Waals surface area contributed by atoms with Crippen molar-refractivity contribution in [3.05, 3.63) is 20.4 Å². The summed E-state index contributed by atoms with van der Waals surface area (Å²) in [6.45, 7) is 18.4. The first-order valence-electron chi connectivity index (χ1n) is 33.5. The number of carbonyl (C=O) groups excluding carboxylic acids is 2. The van der Waals surface area contributed by atoms with Gasteiger partial charge in [0.15, 0.2) is 0 Å². The van der Waals surface area contributed by atoms with E-state index in [4.69, 9.17) is 28.4 Å². The summed E-state index contributed by atoms with van der Waals surface area (Å²) in [5, 5.41) is 6.46. The van der Waals surface area contributed by atoms with E-state index < -0.39 is 10.9 Å². The van der Waals surface area contributed by atoms with Crippen LogP contribution >= 0.6 is 0 Å². The van der Waals surface area contributed by atoms with Gasteiger partial charge in [-0.25, -0.2) is 0 Å². The molecule has 1 rings (SSSR count). The molecule has 0 amide bonds. The van der Waals surface area contributed by atoms with Crippen LogP contribution in [0.4, 0.5) is 11.4 Å². The number of ether oxygens (including phenoxy) is 6. The summed E-state index contributed by atoms with van der Waals surface area (Å²) in [6.07, 6.45) is 41.4. The van der Waals surface area contributed by atoms with Crippen LogP contribution in [0.2, 0.25) is 0 Å². The van der Waals surface area contributed by atoms with E-state index in [2.05, 4.69) is 62.2 Å². The minimum absolute atomic E-state index is 0.155.